The van der Waals surface area contributed by atoms with Crippen LogP contribution in [0.15, 0.2) is 54.6 Å². The summed E-state index contributed by atoms with van der Waals surface area (Å²) in [5.74, 6) is 0. The minimum Gasteiger partial charge on any atom is -0.450 e. The molecule has 0 fully saturated rings. The molecule has 18 heavy (non-hydrogen) atoms. The lowest BCUT2D eigenvalue weighted by molar-refractivity contribution is 0.0665. The van der Waals surface area contributed by atoms with Crippen LogP contribution in [-0.4, -0.2) is 11.3 Å². The van der Waals surface area contributed by atoms with E-state index in [1.54, 1.807) is 36.4 Å². The minimum atomic E-state index is -1.33. The van der Waals surface area contributed by atoms with E-state index in [2.05, 4.69) is 0 Å². The summed E-state index contributed by atoms with van der Waals surface area (Å²) in [4.78, 5) is 10.8. The second-order valence-electron chi connectivity index (χ2n) is 3.80. The molecule has 2 aromatic rings. The number of anilines is 1. The van der Waals surface area contributed by atoms with Crippen LogP contribution < -0.4 is 5.73 Å². The van der Waals surface area contributed by atoms with Crippen LogP contribution >= 0.6 is 0 Å². The summed E-state index contributed by atoms with van der Waals surface area (Å²) in [7, 11) is 0. The van der Waals surface area contributed by atoms with Crippen LogP contribution in [0, 0.1) is 0 Å². The van der Waals surface area contributed by atoms with Gasteiger partial charge in [-0.2, -0.15) is 0 Å². The fourth-order valence-corrected chi connectivity index (χ4v) is 1.79. The topological polar surface area (TPSA) is 72.5 Å². The van der Waals surface area contributed by atoms with E-state index in [0.29, 0.717) is 11.3 Å². The Labute approximate surface area is 105 Å². The molecule has 0 aliphatic carbocycles. The van der Waals surface area contributed by atoms with Crippen molar-refractivity contribution in [3.05, 3.63) is 65.7 Å². The molecule has 3 N–H and O–H groups in total. The SMILES string of the molecule is Nc1ccccc1C(OC(=O)O)c1ccccc1. The van der Waals surface area contributed by atoms with Crippen molar-refractivity contribution in [1.29, 1.82) is 0 Å². The average Bonchev–Trinajstić information content (AvgIpc) is 2.38. The van der Waals surface area contributed by atoms with Crippen LogP contribution in [0.1, 0.15) is 17.2 Å². The number of rotatable bonds is 3. The predicted octanol–water partition coefficient (Wildman–Crippen LogP) is 3.05. The van der Waals surface area contributed by atoms with Crippen LogP contribution in [0.3, 0.4) is 0 Å². The zero-order valence-corrected chi connectivity index (χ0v) is 9.61. The van der Waals surface area contributed by atoms with E-state index in [1.807, 2.05) is 18.2 Å². The lowest BCUT2D eigenvalue weighted by atomic mass is 10.00. The molecule has 92 valence electrons. The van der Waals surface area contributed by atoms with Crippen molar-refractivity contribution >= 4 is 11.8 Å². The van der Waals surface area contributed by atoms with Gasteiger partial charge in [0.1, 0.15) is 0 Å². The van der Waals surface area contributed by atoms with Crippen molar-refractivity contribution in [2.45, 2.75) is 6.10 Å². The molecule has 0 radical (unpaired) electrons. The molecule has 0 heterocycles. The number of para-hydroxylation sites is 1. The van der Waals surface area contributed by atoms with E-state index >= 15 is 0 Å². The van der Waals surface area contributed by atoms with Gasteiger partial charge in [0.2, 0.25) is 0 Å². The first-order valence-electron chi connectivity index (χ1n) is 5.47. The zero-order valence-electron chi connectivity index (χ0n) is 9.61. The quantitative estimate of drug-likeness (QED) is 0.642. The van der Waals surface area contributed by atoms with Crippen molar-refractivity contribution in [2.24, 2.45) is 0 Å². The molecular formula is C14H13NO3. The number of ether oxygens (including phenoxy) is 1. The number of nitrogen functional groups attached to an aromatic ring is 1. The van der Waals surface area contributed by atoms with Crippen molar-refractivity contribution in [3.8, 4) is 0 Å². The molecule has 2 rings (SSSR count). The van der Waals surface area contributed by atoms with Gasteiger partial charge in [0, 0.05) is 11.3 Å². The number of hydrogen-bond acceptors (Lipinski definition) is 3. The van der Waals surface area contributed by atoms with Gasteiger partial charge < -0.3 is 15.6 Å². The Bertz CT molecular complexity index is 540. The van der Waals surface area contributed by atoms with Gasteiger partial charge in [-0.15, -0.1) is 0 Å². The van der Waals surface area contributed by atoms with E-state index in [0.717, 1.165) is 5.56 Å². The number of carboxylic acid groups (broad SMARTS) is 1. The van der Waals surface area contributed by atoms with Crippen LogP contribution in [-0.2, 0) is 4.74 Å². The van der Waals surface area contributed by atoms with E-state index in [-0.39, 0.29) is 0 Å². The van der Waals surface area contributed by atoms with Gasteiger partial charge in [0.25, 0.3) is 0 Å². The monoisotopic (exact) mass is 243 g/mol. The largest absolute Gasteiger partial charge is 0.506 e. The molecule has 0 aliphatic heterocycles. The Morgan fingerprint density at radius 2 is 1.67 bits per heavy atom. The highest BCUT2D eigenvalue weighted by atomic mass is 16.7. The molecule has 4 nitrogen and oxygen atoms in total. The molecule has 0 spiro atoms. The highest BCUT2D eigenvalue weighted by Gasteiger charge is 2.20. The van der Waals surface area contributed by atoms with Gasteiger partial charge in [0.15, 0.2) is 6.10 Å². The van der Waals surface area contributed by atoms with Gasteiger partial charge >= 0.3 is 6.16 Å². The van der Waals surface area contributed by atoms with Crippen LogP contribution in [0.2, 0.25) is 0 Å². The molecule has 1 atom stereocenters. The first-order valence-corrected chi connectivity index (χ1v) is 5.47. The molecule has 0 saturated carbocycles. The summed E-state index contributed by atoms with van der Waals surface area (Å²) >= 11 is 0. The van der Waals surface area contributed by atoms with E-state index < -0.39 is 12.3 Å². The Balaban J connectivity index is 2.44. The Morgan fingerprint density at radius 1 is 1.06 bits per heavy atom. The van der Waals surface area contributed by atoms with Crippen molar-refractivity contribution in [3.63, 3.8) is 0 Å². The standard InChI is InChI=1S/C14H13NO3/c15-12-9-5-4-8-11(12)13(18-14(16)17)10-6-2-1-3-7-10/h1-9,13H,15H2,(H,16,17). The second kappa shape index (κ2) is 5.23. The molecule has 0 aromatic heterocycles. The predicted molar refractivity (Wildman–Crippen MR) is 68.2 cm³/mol. The molecule has 0 bridgehead atoms. The molecule has 0 saturated heterocycles. The molecular weight excluding hydrogens is 230 g/mol. The first-order chi connectivity index (χ1) is 8.68. The fraction of sp³-hybridized carbons (Fsp3) is 0.0714. The van der Waals surface area contributed by atoms with Crippen LogP contribution in [0.4, 0.5) is 10.5 Å². The Morgan fingerprint density at radius 3 is 2.28 bits per heavy atom. The summed E-state index contributed by atoms with van der Waals surface area (Å²) < 4.78 is 4.94. The van der Waals surface area contributed by atoms with Gasteiger partial charge in [-0.1, -0.05) is 48.5 Å². The smallest absolute Gasteiger partial charge is 0.450 e. The van der Waals surface area contributed by atoms with E-state index in [1.165, 1.54) is 0 Å². The van der Waals surface area contributed by atoms with Crippen LogP contribution in [0.25, 0.3) is 0 Å². The Kier molecular flexibility index (Phi) is 3.48. The number of carbonyl (C=O) groups is 1. The molecule has 4 heteroatoms. The summed E-state index contributed by atoms with van der Waals surface area (Å²) in [6.45, 7) is 0. The third-order valence-corrected chi connectivity index (χ3v) is 2.60. The lowest BCUT2D eigenvalue weighted by Crippen LogP contribution is -2.12. The highest BCUT2D eigenvalue weighted by Crippen LogP contribution is 2.29. The molecule has 0 aliphatic rings. The highest BCUT2D eigenvalue weighted by molar-refractivity contribution is 5.60. The normalized spacial score (nSPS) is 11.8. The number of hydrogen-bond donors (Lipinski definition) is 2. The maximum Gasteiger partial charge on any atom is 0.506 e. The molecule has 1 unspecified atom stereocenters. The maximum atomic E-state index is 10.8. The van der Waals surface area contributed by atoms with E-state index in [9.17, 15) is 4.79 Å². The molecule has 0 amide bonds. The number of nitrogens with two attached hydrogens (primary N) is 1. The van der Waals surface area contributed by atoms with Crippen molar-refractivity contribution in [2.75, 3.05) is 5.73 Å². The van der Waals surface area contributed by atoms with E-state index in [4.69, 9.17) is 15.6 Å². The maximum absolute atomic E-state index is 10.8. The minimum absolute atomic E-state index is 0.507. The Hall–Kier alpha value is -2.49. The van der Waals surface area contributed by atoms with Crippen LogP contribution in [0.5, 0.6) is 0 Å². The third kappa shape index (κ3) is 2.60. The lowest BCUT2D eigenvalue weighted by Gasteiger charge is -2.18. The van der Waals surface area contributed by atoms with Crippen molar-refractivity contribution < 1.29 is 14.6 Å². The summed E-state index contributed by atoms with van der Waals surface area (Å²) in [5.41, 5.74) is 7.76. The zero-order chi connectivity index (χ0) is 13.0. The fourth-order valence-electron chi connectivity index (χ4n) is 1.79. The summed E-state index contributed by atoms with van der Waals surface area (Å²) in [6, 6.07) is 16.2. The van der Waals surface area contributed by atoms with Gasteiger partial charge in [-0.25, -0.2) is 4.79 Å². The number of benzene rings is 2. The summed E-state index contributed by atoms with van der Waals surface area (Å²) in [6.07, 6.45) is -2.03. The second-order valence-corrected chi connectivity index (χ2v) is 3.80. The van der Waals surface area contributed by atoms with Crippen molar-refractivity contribution in [1.82, 2.24) is 0 Å². The third-order valence-electron chi connectivity index (χ3n) is 2.60. The van der Waals surface area contributed by atoms with Gasteiger partial charge in [-0.05, 0) is 11.6 Å². The average molecular weight is 243 g/mol. The summed E-state index contributed by atoms with van der Waals surface area (Å²) in [5, 5.41) is 8.83. The first kappa shape index (κ1) is 12.0. The van der Waals surface area contributed by atoms with Gasteiger partial charge in [-0.3, -0.25) is 0 Å². The molecule has 2 aromatic carbocycles. The van der Waals surface area contributed by atoms with Gasteiger partial charge in [0.05, 0.1) is 0 Å².